The van der Waals surface area contributed by atoms with Gasteiger partial charge in [0.25, 0.3) is 11.1 Å². The van der Waals surface area contributed by atoms with Crippen LogP contribution in [0.5, 0.6) is 0 Å². The van der Waals surface area contributed by atoms with Crippen molar-refractivity contribution in [3.05, 3.63) is 67.2 Å². The van der Waals surface area contributed by atoms with E-state index in [1.807, 2.05) is 6.07 Å². The first-order valence-corrected chi connectivity index (χ1v) is 5.82. The largest absolute Gasteiger partial charge is 0.268 e. The molecule has 1 aromatic carbocycles. The van der Waals surface area contributed by atoms with E-state index in [0.717, 1.165) is 5.56 Å². The van der Waals surface area contributed by atoms with E-state index in [-0.39, 0.29) is 17.7 Å². The Balaban J connectivity index is 2.48. The van der Waals surface area contributed by atoms with Crippen LogP contribution in [0.15, 0.2) is 33.9 Å². The van der Waals surface area contributed by atoms with E-state index in [1.165, 1.54) is 4.68 Å². The number of nitrogens with one attached hydrogen (secondary N) is 1. The van der Waals surface area contributed by atoms with Crippen LogP contribution >= 0.6 is 0 Å². The fraction of sp³-hybridized carbons (Fsp3) is 0.214. The van der Waals surface area contributed by atoms with Gasteiger partial charge in [0.2, 0.25) is 0 Å². The summed E-state index contributed by atoms with van der Waals surface area (Å²) >= 11 is 0. The number of nitrogens with zero attached hydrogens (tertiary/aromatic N) is 2. The first-order chi connectivity index (χ1) is 9.02. The van der Waals surface area contributed by atoms with Crippen molar-refractivity contribution < 1.29 is 0 Å². The molecule has 5 heteroatoms. The SMILES string of the molecule is Cc1c(C)c(=O)n(Cc2cccc(C#N)c2)[nH]c1=O. The van der Waals surface area contributed by atoms with Gasteiger partial charge in [0.15, 0.2) is 0 Å². The van der Waals surface area contributed by atoms with Gasteiger partial charge >= 0.3 is 0 Å². The highest BCUT2D eigenvalue weighted by atomic mass is 16.2. The minimum Gasteiger partial charge on any atom is -0.268 e. The number of rotatable bonds is 2. The monoisotopic (exact) mass is 255 g/mol. The van der Waals surface area contributed by atoms with Gasteiger partial charge < -0.3 is 0 Å². The van der Waals surface area contributed by atoms with Crippen LogP contribution in [0.3, 0.4) is 0 Å². The summed E-state index contributed by atoms with van der Waals surface area (Å²) < 4.78 is 1.27. The smallest absolute Gasteiger partial charge is 0.268 e. The highest BCUT2D eigenvalue weighted by Gasteiger charge is 2.07. The molecule has 0 aliphatic heterocycles. The van der Waals surface area contributed by atoms with E-state index >= 15 is 0 Å². The molecule has 2 aromatic rings. The number of aromatic nitrogens is 2. The molecule has 0 spiro atoms. The van der Waals surface area contributed by atoms with Crippen LogP contribution in [0.4, 0.5) is 0 Å². The molecule has 96 valence electrons. The zero-order chi connectivity index (χ0) is 14.0. The minimum absolute atomic E-state index is 0.223. The van der Waals surface area contributed by atoms with Gasteiger partial charge in [-0.05, 0) is 31.5 Å². The van der Waals surface area contributed by atoms with Gasteiger partial charge in [-0.3, -0.25) is 14.7 Å². The highest BCUT2D eigenvalue weighted by Crippen LogP contribution is 2.05. The van der Waals surface area contributed by atoms with Crippen LogP contribution in [0.1, 0.15) is 22.3 Å². The van der Waals surface area contributed by atoms with E-state index < -0.39 is 0 Å². The Bertz CT molecular complexity index is 778. The number of aromatic amines is 1. The van der Waals surface area contributed by atoms with Crippen LogP contribution in [-0.4, -0.2) is 9.78 Å². The summed E-state index contributed by atoms with van der Waals surface area (Å²) in [4.78, 5) is 23.7. The molecule has 19 heavy (non-hydrogen) atoms. The number of H-pyrrole nitrogens is 1. The average Bonchev–Trinajstić information content (AvgIpc) is 2.42. The van der Waals surface area contributed by atoms with E-state index in [1.54, 1.807) is 38.1 Å². The third kappa shape index (κ3) is 2.47. The van der Waals surface area contributed by atoms with E-state index in [2.05, 4.69) is 5.10 Å². The maximum absolute atomic E-state index is 12.0. The third-order valence-corrected chi connectivity index (χ3v) is 3.10. The van der Waals surface area contributed by atoms with E-state index in [4.69, 9.17) is 5.26 Å². The van der Waals surface area contributed by atoms with E-state index in [9.17, 15) is 9.59 Å². The molecule has 0 radical (unpaired) electrons. The molecule has 0 amide bonds. The molecule has 0 aliphatic carbocycles. The summed E-state index contributed by atoms with van der Waals surface area (Å²) in [7, 11) is 0. The number of benzene rings is 1. The lowest BCUT2D eigenvalue weighted by Gasteiger charge is -2.08. The van der Waals surface area contributed by atoms with Gasteiger partial charge in [0.1, 0.15) is 0 Å². The molecule has 0 atom stereocenters. The molecule has 1 heterocycles. The third-order valence-electron chi connectivity index (χ3n) is 3.10. The van der Waals surface area contributed by atoms with Gasteiger partial charge in [-0.2, -0.15) is 5.26 Å². The standard InChI is InChI=1S/C14H13N3O2/c1-9-10(2)14(19)17(16-13(9)18)8-12-5-3-4-11(6-12)7-15/h3-6H,8H2,1-2H3,(H,16,18). The Hall–Kier alpha value is -2.61. The van der Waals surface area contributed by atoms with Gasteiger partial charge in [-0.1, -0.05) is 12.1 Å². The van der Waals surface area contributed by atoms with Crippen LogP contribution in [0.25, 0.3) is 0 Å². The van der Waals surface area contributed by atoms with E-state index in [0.29, 0.717) is 16.7 Å². The number of hydrogen-bond donors (Lipinski definition) is 1. The zero-order valence-corrected chi connectivity index (χ0v) is 10.7. The maximum atomic E-state index is 12.0. The molecule has 0 bridgehead atoms. The molecule has 0 saturated carbocycles. The van der Waals surface area contributed by atoms with Crippen LogP contribution in [0, 0.1) is 25.2 Å². The zero-order valence-electron chi connectivity index (χ0n) is 10.7. The number of nitriles is 1. The molecular weight excluding hydrogens is 242 g/mol. The van der Waals surface area contributed by atoms with Crippen LogP contribution in [0.2, 0.25) is 0 Å². The number of hydrogen-bond acceptors (Lipinski definition) is 3. The van der Waals surface area contributed by atoms with Crippen molar-refractivity contribution in [2.24, 2.45) is 0 Å². The van der Waals surface area contributed by atoms with Crippen molar-refractivity contribution in [1.29, 1.82) is 5.26 Å². The lowest BCUT2D eigenvalue weighted by atomic mass is 10.1. The summed E-state index contributed by atoms with van der Waals surface area (Å²) in [5, 5.41) is 11.4. The van der Waals surface area contributed by atoms with Gasteiger partial charge in [0.05, 0.1) is 18.2 Å². The second kappa shape index (κ2) is 4.94. The van der Waals surface area contributed by atoms with Crippen LogP contribution in [-0.2, 0) is 6.54 Å². The quantitative estimate of drug-likeness (QED) is 0.871. The molecule has 0 saturated heterocycles. The molecule has 0 aliphatic rings. The van der Waals surface area contributed by atoms with Crippen molar-refractivity contribution in [3.8, 4) is 6.07 Å². The van der Waals surface area contributed by atoms with Crippen molar-refractivity contribution >= 4 is 0 Å². The molecule has 1 aromatic heterocycles. The minimum atomic E-state index is -0.270. The summed E-state index contributed by atoms with van der Waals surface area (Å²) in [5.74, 6) is 0. The predicted molar refractivity (Wildman–Crippen MR) is 71.1 cm³/mol. The van der Waals surface area contributed by atoms with Crippen molar-refractivity contribution in [2.45, 2.75) is 20.4 Å². The highest BCUT2D eigenvalue weighted by molar-refractivity contribution is 5.32. The predicted octanol–water partition coefficient (Wildman–Crippen LogP) is 1.07. The second-order valence-electron chi connectivity index (χ2n) is 4.39. The first kappa shape index (κ1) is 12.8. The van der Waals surface area contributed by atoms with Crippen molar-refractivity contribution in [2.75, 3.05) is 0 Å². The lowest BCUT2D eigenvalue weighted by molar-refractivity contribution is 0.618. The molecule has 2 rings (SSSR count). The summed E-state index contributed by atoms with van der Waals surface area (Å²) in [6.45, 7) is 3.50. The maximum Gasteiger partial charge on any atom is 0.268 e. The van der Waals surface area contributed by atoms with Crippen LogP contribution < -0.4 is 11.1 Å². The fourth-order valence-electron chi connectivity index (χ4n) is 1.82. The Morgan fingerprint density at radius 3 is 2.68 bits per heavy atom. The van der Waals surface area contributed by atoms with Crippen molar-refractivity contribution in [1.82, 2.24) is 9.78 Å². The Morgan fingerprint density at radius 1 is 1.26 bits per heavy atom. The summed E-state index contributed by atoms with van der Waals surface area (Å²) in [6, 6.07) is 8.98. The molecule has 0 fully saturated rings. The normalized spacial score (nSPS) is 10.2. The van der Waals surface area contributed by atoms with Gasteiger partial charge in [0, 0.05) is 11.1 Å². The Morgan fingerprint density at radius 2 is 2.00 bits per heavy atom. The Kier molecular flexibility index (Phi) is 3.34. The molecule has 5 nitrogen and oxygen atoms in total. The average molecular weight is 255 g/mol. The van der Waals surface area contributed by atoms with Gasteiger partial charge in [-0.15, -0.1) is 0 Å². The van der Waals surface area contributed by atoms with Crippen molar-refractivity contribution in [3.63, 3.8) is 0 Å². The summed E-state index contributed by atoms with van der Waals surface area (Å²) in [5.41, 5.74) is 1.71. The molecule has 0 unspecified atom stereocenters. The topological polar surface area (TPSA) is 78.7 Å². The second-order valence-corrected chi connectivity index (χ2v) is 4.39. The molecular formula is C14H13N3O2. The first-order valence-electron chi connectivity index (χ1n) is 5.82. The molecule has 1 N–H and O–H groups in total. The Labute approximate surface area is 109 Å². The summed E-state index contributed by atoms with van der Waals surface area (Å²) in [6.07, 6.45) is 0. The fourth-order valence-corrected chi connectivity index (χ4v) is 1.82. The van der Waals surface area contributed by atoms with Gasteiger partial charge in [-0.25, -0.2) is 4.68 Å². The lowest BCUT2D eigenvalue weighted by Crippen LogP contribution is -2.33.